The normalized spacial score (nSPS) is 27.6. The fraction of sp³-hybridized carbons (Fsp3) is 1.00. The molecule has 1 saturated heterocycles. The van der Waals surface area contributed by atoms with Crippen molar-refractivity contribution in [2.45, 2.75) is 60.4 Å². The van der Waals surface area contributed by atoms with Gasteiger partial charge in [-0.15, -0.1) is 0 Å². The van der Waals surface area contributed by atoms with E-state index < -0.39 is 0 Å². The van der Waals surface area contributed by atoms with Crippen LogP contribution in [-0.2, 0) is 0 Å². The Morgan fingerprint density at radius 2 is 1.21 bits per heavy atom. The molecule has 0 unspecified atom stereocenters. The molecule has 1 aliphatic heterocycles. The van der Waals surface area contributed by atoms with E-state index in [4.69, 9.17) is 0 Å². The maximum Gasteiger partial charge on any atom is 0.00390 e. The van der Waals surface area contributed by atoms with Crippen molar-refractivity contribution in [3.05, 3.63) is 0 Å². The van der Waals surface area contributed by atoms with Gasteiger partial charge in [0, 0.05) is 19.1 Å². The fourth-order valence-corrected chi connectivity index (χ4v) is 2.36. The Morgan fingerprint density at radius 3 is 1.50 bits per heavy atom. The van der Waals surface area contributed by atoms with Gasteiger partial charge in [0.25, 0.3) is 0 Å². The average Bonchev–Trinajstić information content (AvgIpc) is 2.08. The highest BCUT2D eigenvalue weighted by molar-refractivity contribution is 4.86. The fourth-order valence-electron chi connectivity index (χ4n) is 2.36. The van der Waals surface area contributed by atoms with Crippen molar-refractivity contribution in [3.63, 3.8) is 0 Å². The summed E-state index contributed by atoms with van der Waals surface area (Å²) in [5, 5.41) is 0. The summed E-state index contributed by atoms with van der Waals surface area (Å²) in [6.07, 6.45) is 2.73. The van der Waals surface area contributed by atoms with Crippen molar-refractivity contribution in [2.24, 2.45) is 10.8 Å². The van der Waals surface area contributed by atoms with Gasteiger partial charge in [-0.25, -0.2) is 0 Å². The van der Waals surface area contributed by atoms with E-state index in [1.807, 2.05) is 0 Å². The molecule has 1 fully saturated rings. The van der Waals surface area contributed by atoms with Gasteiger partial charge in [0.05, 0.1) is 0 Å². The topological polar surface area (TPSA) is 3.24 Å². The molecule has 1 rings (SSSR count). The Labute approximate surface area is 89.9 Å². The van der Waals surface area contributed by atoms with Gasteiger partial charge in [0.1, 0.15) is 0 Å². The summed E-state index contributed by atoms with van der Waals surface area (Å²) < 4.78 is 0. The zero-order valence-electron chi connectivity index (χ0n) is 10.9. The van der Waals surface area contributed by atoms with E-state index in [1.165, 1.54) is 25.9 Å². The lowest BCUT2D eigenvalue weighted by Crippen LogP contribution is -2.40. The third-order valence-corrected chi connectivity index (χ3v) is 3.47. The van der Waals surface area contributed by atoms with Gasteiger partial charge in [-0.3, -0.25) is 4.90 Å². The first-order valence-corrected chi connectivity index (χ1v) is 5.96. The van der Waals surface area contributed by atoms with Gasteiger partial charge >= 0.3 is 0 Å². The summed E-state index contributed by atoms with van der Waals surface area (Å²) in [5.74, 6) is 0. The molecule has 1 heteroatoms. The van der Waals surface area contributed by atoms with Gasteiger partial charge < -0.3 is 0 Å². The summed E-state index contributed by atoms with van der Waals surface area (Å²) in [5.41, 5.74) is 0.996. The number of likely N-dealkylation sites (tertiary alicyclic amines) is 1. The summed E-state index contributed by atoms with van der Waals surface area (Å²) in [4.78, 5) is 2.65. The summed E-state index contributed by atoms with van der Waals surface area (Å²) in [6.45, 7) is 16.8. The molecule has 0 aromatic rings. The Hall–Kier alpha value is -0.0400. The van der Waals surface area contributed by atoms with Crippen LogP contribution in [0.1, 0.15) is 54.4 Å². The van der Waals surface area contributed by atoms with Gasteiger partial charge in [-0.05, 0) is 37.5 Å². The lowest BCUT2D eigenvalue weighted by Gasteiger charge is -2.34. The molecule has 0 saturated carbocycles. The van der Waals surface area contributed by atoms with Crippen LogP contribution in [0.5, 0.6) is 0 Å². The number of hydrogen-bond donors (Lipinski definition) is 0. The minimum absolute atomic E-state index is 0.498. The SMILES string of the molecule is CC(C)N1CC(C)(C)CCC(C)(C)C1. The maximum absolute atomic E-state index is 2.65. The monoisotopic (exact) mass is 197 g/mol. The highest BCUT2D eigenvalue weighted by atomic mass is 15.2. The third kappa shape index (κ3) is 3.27. The molecule has 0 radical (unpaired) electrons. The average molecular weight is 197 g/mol. The lowest BCUT2D eigenvalue weighted by atomic mass is 9.81. The van der Waals surface area contributed by atoms with Crippen LogP contribution in [0.25, 0.3) is 0 Å². The molecular weight excluding hydrogens is 170 g/mol. The van der Waals surface area contributed by atoms with Crippen LogP contribution >= 0.6 is 0 Å². The molecule has 0 bridgehead atoms. The van der Waals surface area contributed by atoms with Crippen molar-refractivity contribution >= 4 is 0 Å². The van der Waals surface area contributed by atoms with Crippen LogP contribution in [0.3, 0.4) is 0 Å². The predicted octanol–water partition coefficient (Wildman–Crippen LogP) is 3.54. The molecule has 0 spiro atoms. The van der Waals surface area contributed by atoms with Crippen LogP contribution in [0, 0.1) is 10.8 Å². The Kier molecular flexibility index (Phi) is 3.30. The second-order valence-corrected chi connectivity index (χ2v) is 6.83. The molecule has 0 aromatic carbocycles. The molecule has 1 heterocycles. The minimum atomic E-state index is 0.498. The van der Waals surface area contributed by atoms with E-state index in [2.05, 4.69) is 46.4 Å². The molecule has 14 heavy (non-hydrogen) atoms. The number of rotatable bonds is 1. The maximum atomic E-state index is 2.65. The summed E-state index contributed by atoms with van der Waals surface area (Å²) in [6, 6.07) is 0.687. The first kappa shape index (κ1) is 12.0. The van der Waals surface area contributed by atoms with E-state index in [0.717, 1.165) is 0 Å². The molecule has 0 N–H and O–H groups in total. The largest absolute Gasteiger partial charge is 0.300 e. The van der Waals surface area contributed by atoms with Crippen LogP contribution in [0.15, 0.2) is 0 Å². The minimum Gasteiger partial charge on any atom is -0.300 e. The summed E-state index contributed by atoms with van der Waals surface area (Å²) in [7, 11) is 0. The van der Waals surface area contributed by atoms with Gasteiger partial charge in [-0.2, -0.15) is 0 Å². The zero-order chi connectivity index (χ0) is 11.0. The van der Waals surface area contributed by atoms with Crippen molar-refractivity contribution in [2.75, 3.05) is 13.1 Å². The van der Waals surface area contributed by atoms with E-state index in [9.17, 15) is 0 Å². The lowest BCUT2D eigenvalue weighted by molar-refractivity contribution is 0.134. The van der Waals surface area contributed by atoms with E-state index in [-0.39, 0.29) is 0 Å². The molecule has 0 atom stereocenters. The second-order valence-electron chi connectivity index (χ2n) is 6.83. The van der Waals surface area contributed by atoms with E-state index >= 15 is 0 Å². The molecule has 0 aromatic heterocycles. The highest BCUT2D eigenvalue weighted by Crippen LogP contribution is 2.36. The van der Waals surface area contributed by atoms with Crippen molar-refractivity contribution in [1.82, 2.24) is 4.90 Å². The first-order valence-electron chi connectivity index (χ1n) is 5.96. The van der Waals surface area contributed by atoms with Crippen molar-refractivity contribution in [1.29, 1.82) is 0 Å². The Bertz CT molecular complexity index is 173. The molecule has 1 nitrogen and oxygen atoms in total. The van der Waals surface area contributed by atoms with Crippen molar-refractivity contribution in [3.8, 4) is 0 Å². The molecule has 0 aliphatic carbocycles. The second kappa shape index (κ2) is 3.84. The molecule has 1 aliphatic rings. The van der Waals surface area contributed by atoms with Crippen LogP contribution in [-0.4, -0.2) is 24.0 Å². The number of hydrogen-bond acceptors (Lipinski definition) is 1. The van der Waals surface area contributed by atoms with Crippen molar-refractivity contribution < 1.29 is 0 Å². The standard InChI is InChI=1S/C13H27N/c1-11(2)14-9-12(3,4)7-8-13(5,6)10-14/h11H,7-10H2,1-6H3. The third-order valence-electron chi connectivity index (χ3n) is 3.47. The van der Waals surface area contributed by atoms with Crippen LogP contribution in [0.4, 0.5) is 0 Å². The quantitative estimate of drug-likeness (QED) is 0.621. The van der Waals surface area contributed by atoms with E-state index in [0.29, 0.717) is 16.9 Å². The van der Waals surface area contributed by atoms with Gasteiger partial charge in [0.2, 0.25) is 0 Å². The van der Waals surface area contributed by atoms with Gasteiger partial charge in [0.15, 0.2) is 0 Å². The molecule has 84 valence electrons. The van der Waals surface area contributed by atoms with E-state index in [1.54, 1.807) is 0 Å². The zero-order valence-corrected chi connectivity index (χ0v) is 10.9. The molecule has 0 amide bonds. The Balaban J connectivity index is 2.76. The summed E-state index contributed by atoms with van der Waals surface area (Å²) >= 11 is 0. The highest BCUT2D eigenvalue weighted by Gasteiger charge is 2.33. The van der Waals surface area contributed by atoms with Crippen LogP contribution < -0.4 is 0 Å². The Morgan fingerprint density at radius 1 is 0.857 bits per heavy atom. The number of nitrogens with zero attached hydrogens (tertiary/aromatic N) is 1. The predicted molar refractivity (Wildman–Crippen MR) is 63.5 cm³/mol. The first-order chi connectivity index (χ1) is 6.22. The van der Waals surface area contributed by atoms with Crippen LogP contribution in [0.2, 0.25) is 0 Å². The smallest absolute Gasteiger partial charge is 0.00390 e. The van der Waals surface area contributed by atoms with Gasteiger partial charge in [-0.1, -0.05) is 27.7 Å². The molecular formula is C13H27N.